The number of hydrogen-bond donors (Lipinski definition) is 3. The largest absolute Gasteiger partial charge is 0.387 e. The molecule has 1 aliphatic heterocycles. The number of hydrogen-bond acceptors (Lipinski definition) is 3. The quantitative estimate of drug-likeness (QED) is 0.674. The minimum absolute atomic E-state index is 0.155. The van der Waals surface area contributed by atoms with Crippen LogP contribution in [0.3, 0.4) is 0 Å². The van der Waals surface area contributed by atoms with Gasteiger partial charge in [0.15, 0.2) is 0 Å². The lowest BCUT2D eigenvalue weighted by Crippen LogP contribution is -2.45. The summed E-state index contributed by atoms with van der Waals surface area (Å²) in [5.41, 5.74) is 2.43. The Kier molecular flexibility index (Phi) is 3.26. The number of aliphatic hydroxyl groups is 1. The van der Waals surface area contributed by atoms with Crippen LogP contribution in [0.1, 0.15) is 17.2 Å². The summed E-state index contributed by atoms with van der Waals surface area (Å²) in [6, 6.07) is 13.8. The molecule has 1 aromatic heterocycles. The molecule has 3 aromatic rings. The Hall–Kier alpha value is -2.15. The molecule has 0 bridgehead atoms. The van der Waals surface area contributed by atoms with E-state index in [1.165, 1.54) is 6.07 Å². The molecule has 5 nitrogen and oxygen atoms in total. The molecular formula is C17H16N2O3S. The molecule has 2 aromatic carbocycles. The van der Waals surface area contributed by atoms with Gasteiger partial charge in [-0.25, -0.2) is 13.1 Å². The molecule has 4 rings (SSSR count). The van der Waals surface area contributed by atoms with Crippen molar-refractivity contribution in [1.29, 1.82) is 0 Å². The first-order valence-corrected chi connectivity index (χ1v) is 8.89. The number of aromatic amines is 1. The van der Waals surface area contributed by atoms with Gasteiger partial charge in [0.1, 0.15) is 0 Å². The highest BCUT2D eigenvalue weighted by Gasteiger charge is 2.36. The van der Waals surface area contributed by atoms with Crippen LogP contribution in [0.2, 0.25) is 0 Å². The van der Waals surface area contributed by atoms with Crippen LogP contribution >= 0.6 is 0 Å². The van der Waals surface area contributed by atoms with E-state index in [-0.39, 0.29) is 4.90 Å². The van der Waals surface area contributed by atoms with Crippen molar-refractivity contribution in [2.75, 3.05) is 0 Å². The number of aliphatic hydroxyl groups excluding tert-OH is 1. The molecule has 2 unspecified atom stereocenters. The van der Waals surface area contributed by atoms with Gasteiger partial charge in [0.25, 0.3) is 0 Å². The third-order valence-corrected chi connectivity index (χ3v) is 5.89. The summed E-state index contributed by atoms with van der Waals surface area (Å²) in [6.45, 7) is 0. The minimum Gasteiger partial charge on any atom is -0.387 e. The van der Waals surface area contributed by atoms with E-state index in [4.69, 9.17) is 0 Å². The molecule has 0 aliphatic carbocycles. The smallest absolute Gasteiger partial charge is 0.241 e. The van der Waals surface area contributed by atoms with Gasteiger partial charge in [0.2, 0.25) is 10.0 Å². The van der Waals surface area contributed by atoms with E-state index in [0.717, 1.165) is 16.5 Å². The van der Waals surface area contributed by atoms with Crippen molar-refractivity contribution >= 4 is 20.9 Å². The maximum atomic E-state index is 12.4. The summed E-state index contributed by atoms with van der Waals surface area (Å²) in [6.07, 6.45) is 1.41. The monoisotopic (exact) mass is 328 g/mol. The number of aromatic nitrogens is 1. The van der Waals surface area contributed by atoms with E-state index >= 15 is 0 Å². The van der Waals surface area contributed by atoms with Crippen molar-refractivity contribution < 1.29 is 13.5 Å². The minimum atomic E-state index is -3.60. The second kappa shape index (κ2) is 5.19. The number of para-hydroxylation sites is 1. The first-order valence-electron chi connectivity index (χ1n) is 7.40. The molecular weight excluding hydrogens is 312 g/mol. The molecule has 0 saturated carbocycles. The highest BCUT2D eigenvalue weighted by atomic mass is 32.2. The van der Waals surface area contributed by atoms with Crippen LogP contribution in [-0.2, 0) is 16.4 Å². The van der Waals surface area contributed by atoms with Crippen molar-refractivity contribution in [1.82, 2.24) is 9.71 Å². The van der Waals surface area contributed by atoms with Crippen molar-refractivity contribution in [3.05, 3.63) is 65.9 Å². The zero-order chi connectivity index (χ0) is 16.0. The number of H-pyrrole nitrogens is 1. The van der Waals surface area contributed by atoms with Gasteiger partial charge in [0, 0.05) is 22.7 Å². The lowest BCUT2D eigenvalue weighted by molar-refractivity contribution is 0.132. The fraction of sp³-hybridized carbons (Fsp3) is 0.176. The molecule has 6 heteroatoms. The van der Waals surface area contributed by atoms with Crippen LogP contribution in [0.15, 0.2) is 59.6 Å². The van der Waals surface area contributed by atoms with Gasteiger partial charge >= 0.3 is 0 Å². The number of benzene rings is 2. The second-order valence-corrected chi connectivity index (χ2v) is 7.46. The van der Waals surface area contributed by atoms with E-state index in [0.29, 0.717) is 12.0 Å². The summed E-state index contributed by atoms with van der Waals surface area (Å²) in [7, 11) is -3.60. The molecule has 2 heterocycles. The Balaban J connectivity index is 1.73. The summed E-state index contributed by atoms with van der Waals surface area (Å²) in [5, 5.41) is 11.6. The average Bonchev–Trinajstić information content (AvgIpc) is 2.96. The van der Waals surface area contributed by atoms with E-state index in [2.05, 4.69) is 9.71 Å². The number of nitrogens with one attached hydrogen (secondary N) is 2. The Morgan fingerprint density at radius 2 is 1.78 bits per heavy atom. The first-order chi connectivity index (χ1) is 11.1. The van der Waals surface area contributed by atoms with Crippen molar-refractivity contribution in [3.8, 4) is 0 Å². The van der Waals surface area contributed by atoms with Crippen molar-refractivity contribution in [2.45, 2.75) is 23.5 Å². The number of fused-ring (bicyclic) bond motifs is 2. The molecule has 2 atom stereocenters. The highest BCUT2D eigenvalue weighted by molar-refractivity contribution is 7.89. The van der Waals surface area contributed by atoms with Gasteiger partial charge < -0.3 is 10.1 Å². The summed E-state index contributed by atoms with van der Waals surface area (Å²) in [5.74, 6) is 0. The zero-order valence-electron chi connectivity index (χ0n) is 12.2. The average molecular weight is 328 g/mol. The fourth-order valence-corrected chi connectivity index (χ4v) is 4.70. The molecule has 0 saturated heterocycles. The van der Waals surface area contributed by atoms with Gasteiger partial charge in [-0.15, -0.1) is 0 Å². The predicted octanol–water partition coefficient (Wildman–Crippen LogP) is 2.10. The molecule has 0 radical (unpaired) electrons. The molecule has 3 N–H and O–H groups in total. The van der Waals surface area contributed by atoms with Crippen LogP contribution in [0.5, 0.6) is 0 Å². The highest BCUT2D eigenvalue weighted by Crippen LogP contribution is 2.32. The van der Waals surface area contributed by atoms with E-state index in [9.17, 15) is 13.5 Å². The number of rotatable bonds is 2. The SMILES string of the molecule is O=S1(=O)NC(Cc2c[nH]c3ccccc23)C(O)c2ccccc21. The van der Waals surface area contributed by atoms with Crippen LogP contribution in [0, 0.1) is 0 Å². The fourth-order valence-electron chi connectivity index (χ4n) is 3.20. The normalized spacial score (nSPS) is 22.8. The summed E-state index contributed by atoms with van der Waals surface area (Å²) in [4.78, 5) is 3.33. The van der Waals surface area contributed by atoms with E-state index in [1.54, 1.807) is 18.2 Å². The molecule has 23 heavy (non-hydrogen) atoms. The molecule has 0 fully saturated rings. The second-order valence-electron chi connectivity index (χ2n) is 5.77. The standard InChI is InChI=1S/C17H16N2O3S/c20-17-13-6-2-4-8-16(13)23(21,22)19-15(17)9-11-10-18-14-7-3-1-5-12(11)14/h1-8,10,15,17-20H,9H2. The first kappa shape index (κ1) is 14.4. The van der Waals surface area contributed by atoms with Crippen LogP contribution < -0.4 is 4.72 Å². The van der Waals surface area contributed by atoms with Gasteiger partial charge in [-0.3, -0.25) is 0 Å². The number of sulfonamides is 1. The Morgan fingerprint density at radius 3 is 2.65 bits per heavy atom. The van der Waals surface area contributed by atoms with Crippen molar-refractivity contribution in [3.63, 3.8) is 0 Å². The topological polar surface area (TPSA) is 82.2 Å². The van der Waals surface area contributed by atoms with Crippen LogP contribution in [-0.4, -0.2) is 24.6 Å². The molecule has 118 valence electrons. The van der Waals surface area contributed by atoms with Gasteiger partial charge in [-0.2, -0.15) is 0 Å². The van der Waals surface area contributed by atoms with Crippen LogP contribution in [0.25, 0.3) is 10.9 Å². The van der Waals surface area contributed by atoms with Gasteiger partial charge in [0.05, 0.1) is 17.0 Å². The Bertz CT molecular complexity index is 978. The van der Waals surface area contributed by atoms with Gasteiger partial charge in [-0.1, -0.05) is 36.4 Å². The molecule has 0 spiro atoms. The van der Waals surface area contributed by atoms with Crippen LogP contribution in [0.4, 0.5) is 0 Å². The maximum absolute atomic E-state index is 12.4. The Labute approximate surface area is 134 Å². The lowest BCUT2D eigenvalue weighted by Gasteiger charge is -2.30. The molecule has 1 aliphatic rings. The zero-order valence-corrected chi connectivity index (χ0v) is 13.0. The Morgan fingerprint density at radius 1 is 1.04 bits per heavy atom. The predicted molar refractivity (Wildman–Crippen MR) is 87.5 cm³/mol. The van der Waals surface area contributed by atoms with E-state index in [1.807, 2.05) is 30.5 Å². The summed E-state index contributed by atoms with van der Waals surface area (Å²) >= 11 is 0. The molecule has 0 amide bonds. The third kappa shape index (κ3) is 2.35. The maximum Gasteiger partial charge on any atom is 0.241 e. The lowest BCUT2D eigenvalue weighted by atomic mass is 9.96. The summed E-state index contributed by atoms with van der Waals surface area (Å²) < 4.78 is 27.4. The van der Waals surface area contributed by atoms with E-state index < -0.39 is 22.2 Å². The third-order valence-electron chi connectivity index (χ3n) is 4.33. The van der Waals surface area contributed by atoms with Gasteiger partial charge in [-0.05, 0) is 24.1 Å². The van der Waals surface area contributed by atoms with Crippen molar-refractivity contribution in [2.24, 2.45) is 0 Å².